The molecule has 31 heavy (non-hydrogen) atoms. The summed E-state index contributed by atoms with van der Waals surface area (Å²) in [7, 11) is -4.45. The predicted molar refractivity (Wildman–Crippen MR) is 126 cm³/mol. The predicted octanol–water partition coefficient (Wildman–Crippen LogP) is 4.55. The van der Waals surface area contributed by atoms with E-state index in [-0.39, 0.29) is 56.3 Å². The third kappa shape index (κ3) is 10.4. The summed E-state index contributed by atoms with van der Waals surface area (Å²) in [6.07, 6.45) is 16.5. The smallest absolute Gasteiger partial charge is 0.744 e. The molecule has 0 N–H and O–H groups in total. The molecule has 0 bridgehead atoms. The van der Waals surface area contributed by atoms with Crippen LogP contribution in [0, 0.1) is 0 Å². The molecule has 0 atom stereocenters. The molecule has 168 valence electrons. The molecule has 0 amide bonds. The summed E-state index contributed by atoms with van der Waals surface area (Å²) in [5.74, 6) is 0. The summed E-state index contributed by atoms with van der Waals surface area (Å²) in [6.45, 7) is 4.45. The zero-order valence-corrected chi connectivity index (χ0v) is 23.9. The fourth-order valence-electron chi connectivity index (χ4n) is 4.31. The van der Waals surface area contributed by atoms with Crippen LogP contribution in [0.3, 0.4) is 0 Å². The Morgan fingerprint density at radius 1 is 0.710 bits per heavy atom. The number of hydrogen-bond acceptors (Lipinski definition) is 3. The van der Waals surface area contributed by atoms with Crippen molar-refractivity contribution in [2.45, 2.75) is 109 Å². The summed E-state index contributed by atoms with van der Waals surface area (Å²) >= 11 is 0. The Hall–Kier alpha value is 0.246. The Morgan fingerprint density at radius 3 is 1.77 bits per heavy atom. The van der Waals surface area contributed by atoms with Crippen LogP contribution in [0.2, 0.25) is 0 Å². The summed E-state index contributed by atoms with van der Waals surface area (Å²) in [4.78, 5) is -0.0901. The molecule has 0 saturated carbocycles. The average Bonchev–Trinajstić information content (AvgIpc) is 2.72. The van der Waals surface area contributed by atoms with Crippen molar-refractivity contribution in [3.8, 4) is 0 Å². The van der Waals surface area contributed by atoms with Gasteiger partial charge in [0.25, 0.3) is 0 Å². The van der Waals surface area contributed by atoms with E-state index in [4.69, 9.17) is 0 Å². The molecular weight excluding hydrogens is 431 g/mol. The van der Waals surface area contributed by atoms with Crippen molar-refractivity contribution < 1.29 is 64.4 Å². The van der Waals surface area contributed by atoms with Crippen molar-refractivity contribution in [2.75, 3.05) is 0 Å². The first-order valence-corrected chi connectivity index (χ1v) is 13.4. The Morgan fingerprint density at radius 2 is 1.23 bits per heavy atom. The van der Waals surface area contributed by atoms with Crippen LogP contribution >= 0.6 is 0 Å². The largest absolute Gasteiger partial charge is 1.00 e. The molecule has 0 aliphatic heterocycles. The van der Waals surface area contributed by atoms with E-state index in [1.54, 1.807) is 12.1 Å². The minimum Gasteiger partial charge on any atom is -0.744 e. The zero-order valence-electron chi connectivity index (χ0n) is 19.9. The molecule has 0 saturated heterocycles. The maximum Gasteiger partial charge on any atom is 1.00 e. The molecule has 2 aromatic carbocycles. The van der Waals surface area contributed by atoms with E-state index in [0.717, 1.165) is 43.1 Å². The Kier molecular flexibility index (Phi) is 15.1. The van der Waals surface area contributed by atoms with Crippen LogP contribution in [0.5, 0.6) is 0 Å². The van der Waals surface area contributed by atoms with E-state index in [1.807, 2.05) is 12.1 Å². The molecule has 0 heterocycles. The topological polar surface area (TPSA) is 57.2 Å². The summed E-state index contributed by atoms with van der Waals surface area (Å²) in [5, 5.41) is 2.06. The maximum absolute atomic E-state index is 11.7. The van der Waals surface area contributed by atoms with Gasteiger partial charge in [-0.2, -0.15) is 0 Å². The Bertz CT molecular complexity index is 878. The molecule has 0 unspecified atom stereocenters. The third-order valence-electron chi connectivity index (χ3n) is 6.01. The molecular formula is C26H39KO3S. The van der Waals surface area contributed by atoms with Crippen molar-refractivity contribution >= 4 is 20.9 Å². The van der Waals surface area contributed by atoms with E-state index in [2.05, 4.69) is 19.9 Å². The Labute approximate surface area is 233 Å². The van der Waals surface area contributed by atoms with Crippen LogP contribution in [-0.2, 0) is 23.0 Å². The van der Waals surface area contributed by atoms with Crippen molar-refractivity contribution in [2.24, 2.45) is 0 Å². The van der Waals surface area contributed by atoms with Crippen molar-refractivity contribution in [3.63, 3.8) is 0 Å². The van der Waals surface area contributed by atoms with E-state index in [1.165, 1.54) is 68.7 Å². The van der Waals surface area contributed by atoms with Crippen LogP contribution in [0.4, 0.5) is 0 Å². The molecule has 5 heteroatoms. The van der Waals surface area contributed by atoms with Crippen LogP contribution in [0.25, 0.3) is 10.8 Å². The fourth-order valence-corrected chi connectivity index (χ4v) is 4.87. The third-order valence-corrected chi connectivity index (χ3v) is 6.82. The standard InChI is InChI=1S/C26H40O3S.K/c1-3-5-7-9-11-13-16-22-18-15-19-24-21-25(30(27,28)29)20-23(26(22)24)17-14-12-10-8-6-4-2;/h15,18-21H,3-14,16-17H2,1-2H3,(H,27,28,29);/q;+1/p-1. The minimum absolute atomic E-state index is 0. The van der Waals surface area contributed by atoms with Gasteiger partial charge >= 0.3 is 51.4 Å². The van der Waals surface area contributed by atoms with Gasteiger partial charge in [0.15, 0.2) is 0 Å². The van der Waals surface area contributed by atoms with Crippen LogP contribution in [-0.4, -0.2) is 13.0 Å². The zero-order chi connectivity index (χ0) is 21.8. The SMILES string of the molecule is CCCCCCCCc1cccc2cc(S(=O)(=O)[O-])cc(CCCCCCCC)c12.[K+]. The molecule has 0 aromatic heterocycles. The van der Waals surface area contributed by atoms with Gasteiger partial charge in [-0.15, -0.1) is 0 Å². The maximum atomic E-state index is 11.7. The average molecular weight is 471 g/mol. The van der Waals surface area contributed by atoms with Crippen molar-refractivity contribution in [1.29, 1.82) is 0 Å². The van der Waals surface area contributed by atoms with E-state index < -0.39 is 10.1 Å². The van der Waals surface area contributed by atoms with Gasteiger partial charge in [0.2, 0.25) is 0 Å². The van der Waals surface area contributed by atoms with Gasteiger partial charge in [-0.25, -0.2) is 8.42 Å². The summed E-state index contributed by atoms with van der Waals surface area (Å²) < 4.78 is 35.1. The molecule has 0 spiro atoms. The van der Waals surface area contributed by atoms with Crippen LogP contribution < -0.4 is 51.4 Å². The van der Waals surface area contributed by atoms with Gasteiger partial charge in [0, 0.05) is 0 Å². The van der Waals surface area contributed by atoms with Gasteiger partial charge in [-0.1, -0.05) is 96.3 Å². The summed E-state index contributed by atoms with van der Waals surface area (Å²) in [5.41, 5.74) is 2.32. The molecule has 0 fully saturated rings. The van der Waals surface area contributed by atoms with Gasteiger partial charge in [-0.05, 0) is 59.7 Å². The Balaban J connectivity index is 0.00000480. The molecule has 3 nitrogen and oxygen atoms in total. The number of benzene rings is 2. The van der Waals surface area contributed by atoms with Gasteiger partial charge in [0.1, 0.15) is 10.1 Å². The van der Waals surface area contributed by atoms with E-state index in [9.17, 15) is 13.0 Å². The minimum atomic E-state index is -4.45. The fraction of sp³-hybridized carbons (Fsp3) is 0.615. The van der Waals surface area contributed by atoms with Crippen LogP contribution in [0.15, 0.2) is 35.2 Å². The number of rotatable bonds is 15. The number of aryl methyl sites for hydroxylation is 2. The molecule has 2 rings (SSSR count). The number of fused-ring (bicyclic) bond motifs is 1. The van der Waals surface area contributed by atoms with Gasteiger partial charge in [-0.3, -0.25) is 0 Å². The number of hydrogen-bond donors (Lipinski definition) is 0. The first-order chi connectivity index (χ1) is 14.5. The quantitative estimate of drug-likeness (QED) is 0.218. The second-order valence-corrected chi connectivity index (χ2v) is 9.97. The summed E-state index contributed by atoms with van der Waals surface area (Å²) in [6, 6.07) is 9.31. The second-order valence-electron chi connectivity index (χ2n) is 8.59. The first kappa shape index (κ1) is 29.3. The first-order valence-electron chi connectivity index (χ1n) is 12.0. The number of unbranched alkanes of at least 4 members (excludes halogenated alkanes) is 10. The molecule has 0 aliphatic carbocycles. The molecule has 2 aromatic rings. The van der Waals surface area contributed by atoms with E-state index >= 15 is 0 Å². The van der Waals surface area contributed by atoms with Crippen LogP contribution in [0.1, 0.15) is 102 Å². The van der Waals surface area contributed by atoms with Crippen molar-refractivity contribution in [1.82, 2.24) is 0 Å². The van der Waals surface area contributed by atoms with Gasteiger partial charge in [0.05, 0.1) is 4.90 Å². The van der Waals surface area contributed by atoms with Crippen molar-refractivity contribution in [3.05, 3.63) is 41.5 Å². The van der Waals surface area contributed by atoms with Gasteiger partial charge < -0.3 is 4.55 Å². The second kappa shape index (κ2) is 16.0. The van der Waals surface area contributed by atoms with E-state index in [0.29, 0.717) is 0 Å². The molecule has 0 aliphatic rings. The monoisotopic (exact) mass is 470 g/mol. The normalized spacial score (nSPS) is 11.6. The molecule has 0 radical (unpaired) electrons.